The fraction of sp³-hybridized carbons (Fsp3) is 0. The molecule has 0 bridgehead atoms. The average molecular weight is 323 g/mol. The van der Waals surface area contributed by atoms with Crippen LogP contribution in [0.2, 0.25) is 0 Å². The van der Waals surface area contributed by atoms with Crippen LogP contribution in [0.15, 0.2) is 45.5 Å². The van der Waals surface area contributed by atoms with Crippen LogP contribution in [0.4, 0.5) is 5.69 Å². The molecular formula is C9H8Cl2N4O3S. The molecule has 7 nitrogen and oxygen atoms in total. The fourth-order valence-corrected chi connectivity index (χ4v) is 2.19. The number of hydrazine groups is 1. The molecule has 102 valence electrons. The van der Waals surface area contributed by atoms with E-state index in [9.17, 15) is 8.42 Å². The summed E-state index contributed by atoms with van der Waals surface area (Å²) >= 11 is 11.4. The van der Waals surface area contributed by atoms with Crippen LogP contribution < -0.4 is 10.7 Å². The molecule has 0 aliphatic carbocycles. The molecule has 1 aliphatic heterocycles. The van der Waals surface area contributed by atoms with E-state index in [4.69, 9.17) is 27.9 Å². The fourth-order valence-electron chi connectivity index (χ4n) is 1.31. The minimum absolute atomic E-state index is 0.196. The lowest BCUT2D eigenvalue weighted by Crippen LogP contribution is -2.30. The summed E-state index contributed by atoms with van der Waals surface area (Å²) in [6, 6.07) is 5.44. The van der Waals surface area contributed by atoms with Gasteiger partial charge in [0.15, 0.2) is 5.84 Å². The number of halogens is 2. The number of nitrogens with one attached hydrogen (secondary N) is 2. The summed E-state index contributed by atoms with van der Waals surface area (Å²) in [6.07, 6.45) is 1.50. The third kappa shape index (κ3) is 3.74. The van der Waals surface area contributed by atoms with E-state index in [0.717, 1.165) is 4.64 Å². The molecule has 1 aromatic carbocycles. The molecule has 2 rings (SSSR count). The second-order valence-corrected chi connectivity index (χ2v) is 5.62. The van der Waals surface area contributed by atoms with E-state index in [-0.39, 0.29) is 10.1 Å². The maximum atomic E-state index is 10.9. The Hall–Kier alpha value is -1.48. The molecule has 0 fully saturated rings. The second kappa shape index (κ2) is 5.25. The van der Waals surface area contributed by atoms with Gasteiger partial charge in [0.2, 0.25) is 0 Å². The molecule has 19 heavy (non-hydrogen) atoms. The van der Waals surface area contributed by atoms with Gasteiger partial charge in [0, 0.05) is 11.8 Å². The maximum absolute atomic E-state index is 10.9. The first-order valence-corrected chi connectivity index (χ1v) is 7.03. The number of hydrazone groups is 1. The zero-order chi connectivity index (χ0) is 14.0. The molecule has 0 saturated carbocycles. The summed E-state index contributed by atoms with van der Waals surface area (Å²) in [5.74, 6) is 0.360. The predicted octanol–water partition coefficient (Wildman–Crippen LogP) is 1.71. The van der Waals surface area contributed by atoms with Crippen molar-refractivity contribution < 1.29 is 13.0 Å². The Morgan fingerprint density at radius 3 is 2.47 bits per heavy atom. The van der Waals surface area contributed by atoms with Crippen molar-refractivity contribution >= 4 is 45.0 Å². The Bertz CT molecular complexity index is 642. The molecule has 1 aromatic rings. The third-order valence-corrected chi connectivity index (χ3v) is 3.30. The van der Waals surface area contributed by atoms with Crippen LogP contribution in [0, 0.1) is 0 Å². The van der Waals surface area contributed by atoms with E-state index >= 15 is 0 Å². The highest BCUT2D eigenvalue weighted by Crippen LogP contribution is 2.15. The molecule has 1 aliphatic rings. The van der Waals surface area contributed by atoms with Gasteiger partial charge in [-0.3, -0.25) is 9.98 Å². The highest BCUT2D eigenvalue weighted by molar-refractivity contribution is 7.85. The molecule has 1 heterocycles. The first-order chi connectivity index (χ1) is 8.84. The monoisotopic (exact) mass is 322 g/mol. The van der Waals surface area contributed by atoms with E-state index in [2.05, 4.69) is 15.8 Å². The molecule has 3 N–H and O–H groups in total. The van der Waals surface area contributed by atoms with Crippen molar-refractivity contribution in [2.45, 2.75) is 4.90 Å². The lowest BCUT2D eigenvalue weighted by molar-refractivity contribution is 0.405. The highest BCUT2D eigenvalue weighted by atomic mass is 35.5. The molecule has 0 atom stereocenters. The number of anilines is 1. The minimum atomic E-state index is -4.20. The SMILES string of the molecule is O=S(=O)(O)c1ccc(NC2=NN(Cl)NC(Cl)=C2)cc1. The standard InChI is InChI=1S/C9H8Cl2N4O3S/c10-8-5-9(14-15(11)13-8)12-6-1-3-7(4-2-6)19(16,17)18/h1-5,13H,(H,12,14)(H,16,17,18). The smallest absolute Gasteiger partial charge is 0.294 e. The molecule has 0 spiro atoms. The van der Waals surface area contributed by atoms with Gasteiger partial charge < -0.3 is 5.32 Å². The number of amidine groups is 1. The Morgan fingerprint density at radius 1 is 1.32 bits per heavy atom. The van der Waals surface area contributed by atoms with Crippen LogP contribution in [0.5, 0.6) is 0 Å². The second-order valence-electron chi connectivity index (χ2n) is 3.47. The Balaban J connectivity index is 2.17. The number of hydrogen-bond donors (Lipinski definition) is 3. The lowest BCUT2D eigenvalue weighted by Gasteiger charge is -2.18. The van der Waals surface area contributed by atoms with E-state index < -0.39 is 10.1 Å². The molecule has 0 amide bonds. The molecule has 0 unspecified atom stereocenters. The lowest BCUT2D eigenvalue weighted by atomic mass is 10.3. The van der Waals surface area contributed by atoms with Crippen LogP contribution in [-0.4, -0.2) is 23.4 Å². The van der Waals surface area contributed by atoms with Crippen molar-refractivity contribution in [3.63, 3.8) is 0 Å². The van der Waals surface area contributed by atoms with Crippen LogP contribution in [0.3, 0.4) is 0 Å². The van der Waals surface area contributed by atoms with Gasteiger partial charge in [-0.05, 0) is 24.3 Å². The van der Waals surface area contributed by atoms with Gasteiger partial charge in [0.05, 0.1) is 16.7 Å². The topological polar surface area (TPSA) is 94.0 Å². The van der Waals surface area contributed by atoms with Gasteiger partial charge in [-0.2, -0.15) is 8.42 Å². The van der Waals surface area contributed by atoms with Gasteiger partial charge in [-0.1, -0.05) is 11.6 Å². The summed E-state index contributed by atoms with van der Waals surface area (Å²) in [5.41, 5.74) is 3.06. The van der Waals surface area contributed by atoms with Crippen molar-refractivity contribution in [1.82, 2.24) is 10.1 Å². The van der Waals surface area contributed by atoms with E-state index in [0.29, 0.717) is 11.5 Å². The van der Waals surface area contributed by atoms with E-state index in [1.54, 1.807) is 0 Å². The third-order valence-electron chi connectivity index (χ3n) is 2.08. The van der Waals surface area contributed by atoms with Gasteiger partial charge in [0.1, 0.15) is 5.16 Å². The normalized spacial score (nSPS) is 15.4. The predicted molar refractivity (Wildman–Crippen MR) is 72.1 cm³/mol. The number of hydrogen-bond acceptors (Lipinski definition) is 6. The van der Waals surface area contributed by atoms with Crippen molar-refractivity contribution in [2.24, 2.45) is 5.10 Å². The molecule has 10 heteroatoms. The molecule has 0 saturated heterocycles. The summed E-state index contributed by atoms with van der Waals surface area (Å²) in [6.45, 7) is 0. The Morgan fingerprint density at radius 2 is 1.95 bits per heavy atom. The highest BCUT2D eigenvalue weighted by Gasteiger charge is 2.11. The van der Waals surface area contributed by atoms with Gasteiger partial charge in [-0.15, -0.1) is 9.74 Å². The van der Waals surface area contributed by atoms with Gasteiger partial charge >= 0.3 is 0 Å². The minimum Gasteiger partial charge on any atom is -0.339 e. The van der Waals surface area contributed by atoms with Crippen molar-refractivity contribution in [3.8, 4) is 0 Å². The van der Waals surface area contributed by atoms with E-state index in [1.807, 2.05) is 0 Å². The van der Waals surface area contributed by atoms with Gasteiger partial charge in [-0.25, -0.2) is 0 Å². The average Bonchev–Trinajstić information content (AvgIpc) is 2.26. The molecular weight excluding hydrogens is 315 g/mol. The van der Waals surface area contributed by atoms with Crippen molar-refractivity contribution in [2.75, 3.05) is 5.32 Å². The Labute approximate surface area is 119 Å². The zero-order valence-electron chi connectivity index (χ0n) is 9.21. The zero-order valence-corrected chi connectivity index (χ0v) is 11.5. The Kier molecular flexibility index (Phi) is 3.85. The quantitative estimate of drug-likeness (QED) is 0.436. The summed E-state index contributed by atoms with van der Waals surface area (Å²) < 4.78 is 31.5. The summed E-state index contributed by atoms with van der Waals surface area (Å²) in [4.78, 5) is -0.196. The van der Waals surface area contributed by atoms with Crippen molar-refractivity contribution in [1.29, 1.82) is 0 Å². The largest absolute Gasteiger partial charge is 0.339 e. The maximum Gasteiger partial charge on any atom is 0.294 e. The van der Waals surface area contributed by atoms with E-state index in [1.165, 1.54) is 30.3 Å². The summed E-state index contributed by atoms with van der Waals surface area (Å²) in [5, 5.41) is 7.00. The first-order valence-electron chi connectivity index (χ1n) is 4.87. The summed E-state index contributed by atoms with van der Waals surface area (Å²) in [7, 11) is -4.20. The number of benzene rings is 1. The van der Waals surface area contributed by atoms with Crippen LogP contribution >= 0.6 is 23.4 Å². The van der Waals surface area contributed by atoms with Gasteiger partial charge in [0.25, 0.3) is 10.1 Å². The molecule has 0 radical (unpaired) electrons. The number of rotatable bonds is 2. The van der Waals surface area contributed by atoms with Crippen LogP contribution in [0.1, 0.15) is 0 Å². The first kappa shape index (κ1) is 13.9. The van der Waals surface area contributed by atoms with Crippen LogP contribution in [0.25, 0.3) is 0 Å². The number of nitrogens with zero attached hydrogens (tertiary/aromatic N) is 2. The van der Waals surface area contributed by atoms with Crippen LogP contribution in [-0.2, 0) is 10.1 Å². The van der Waals surface area contributed by atoms with Crippen molar-refractivity contribution in [3.05, 3.63) is 35.5 Å². The molecule has 0 aromatic heterocycles.